The van der Waals surface area contributed by atoms with Crippen LogP contribution in [-0.4, -0.2) is 25.8 Å². The predicted octanol–water partition coefficient (Wildman–Crippen LogP) is 6.25. The number of nitrogens with zero attached hydrogens (tertiary/aromatic N) is 4. The summed E-state index contributed by atoms with van der Waals surface area (Å²) in [6.07, 6.45) is -7.20. The van der Waals surface area contributed by atoms with Crippen molar-refractivity contribution in [2.24, 2.45) is 0 Å². The molecular weight excluding hydrogens is 524 g/mol. The molecule has 0 spiro atoms. The molecule has 4 rings (SSSR count). The van der Waals surface area contributed by atoms with Crippen LogP contribution in [0, 0.1) is 6.92 Å². The van der Waals surface area contributed by atoms with Crippen LogP contribution in [0.2, 0.25) is 0 Å². The Morgan fingerprint density at radius 1 is 1.05 bits per heavy atom. The molecule has 1 atom stereocenters. The van der Waals surface area contributed by atoms with E-state index >= 15 is 0 Å². The van der Waals surface area contributed by atoms with Gasteiger partial charge in [0.2, 0.25) is 0 Å². The van der Waals surface area contributed by atoms with Crippen LogP contribution < -0.4 is 5.32 Å². The van der Waals surface area contributed by atoms with E-state index in [4.69, 9.17) is 4.52 Å². The number of aromatic nitrogens is 4. The average molecular weight is 543 g/mol. The van der Waals surface area contributed by atoms with Gasteiger partial charge in [-0.2, -0.15) is 44.9 Å². The SMILES string of the molecule is Cc1c(NC(=O)c2cc(-c3ccccn3)on2)cnn1[C@@H](C)c1ccc(C(F)(F)F)cc1C(F)(F)F.S. The molecule has 3 heterocycles. The van der Waals surface area contributed by atoms with E-state index in [9.17, 15) is 31.1 Å². The van der Waals surface area contributed by atoms with Gasteiger partial charge in [0, 0.05) is 12.3 Å². The van der Waals surface area contributed by atoms with Crippen molar-refractivity contribution in [3.63, 3.8) is 0 Å². The fraction of sp³-hybridized carbons (Fsp3) is 0.217. The number of hydrogen-bond donors (Lipinski definition) is 1. The van der Waals surface area contributed by atoms with Crippen molar-refractivity contribution in [1.82, 2.24) is 19.9 Å². The van der Waals surface area contributed by atoms with Gasteiger partial charge >= 0.3 is 12.4 Å². The fourth-order valence-electron chi connectivity index (χ4n) is 3.61. The van der Waals surface area contributed by atoms with Crippen LogP contribution >= 0.6 is 13.5 Å². The van der Waals surface area contributed by atoms with Crippen LogP contribution in [0.4, 0.5) is 32.0 Å². The summed E-state index contributed by atoms with van der Waals surface area (Å²) in [4.78, 5) is 16.7. The summed E-state index contributed by atoms with van der Waals surface area (Å²) in [5.74, 6) is -0.412. The van der Waals surface area contributed by atoms with Crippen LogP contribution in [0.25, 0.3) is 11.5 Å². The normalized spacial score (nSPS) is 12.6. The molecular formula is C23H19F6N5O2S. The summed E-state index contributed by atoms with van der Waals surface area (Å²) >= 11 is 0. The molecule has 14 heteroatoms. The van der Waals surface area contributed by atoms with E-state index in [1.165, 1.54) is 37.0 Å². The van der Waals surface area contributed by atoms with E-state index < -0.39 is 41.0 Å². The molecule has 7 nitrogen and oxygen atoms in total. The molecule has 0 unspecified atom stereocenters. The zero-order chi connectivity index (χ0) is 26.3. The monoisotopic (exact) mass is 543 g/mol. The van der Waals surface area contributed by atoms with Gasteiger partial charge in [0.05, 0.1) is 34.7 Å². The van der Waals surface area contributed by atoms with Crippen LogP contribution in [0.5, 0.6) is 0 Å². The largest absolute Gasteiger partial charge is 0.416 e. The first kappa shape index (κ1) is 27.8. The molecule has 196 valence electrons. The van der Waals surface area contributed by atoms with Crippen molar-refractivity contribution in [1.29, 1.82) is 0 Å². The molecule has 0 radical (unpaired) electrons. The lowest BCUT2D eigenvalue weighted by atomic mass is 9.98. The summed E-state index contributed by atoms with van der Waals surface area (Å²) < 4.78 is 86.1. The molecule has 0 saturated carbocycles. The minimum Gasteiger partial charge on any atom is -0.354 e. The number of amides is 1. The summed E-state index contributed by atoms with van der Waals surface area (Å²) in [5.41, 5.74) is -2.40. The van der Waals surface area contributed by atoms with Crippen LogP contribution in [0.15, 0.2) is 59.4 Å². The Morgan fingerprint density at radius 2 is 1.78 bits per heavy atom. The van der Waals surface area contributed by atoms with Crippen LogP contribution in [-0.2, 0) is 12.4 Å². The maximum atomic E-state index is 13.6. The Morgan fingerprint density at radius 3 is 2.41 bits per heavy atom. The number of halogens is 6. The lowest BCUT2D eigenvalue weighted by Crippen LogP contribution is -2.19. The first-order valence-electron chi connectivity index (χ1n) is 10.4. The number of carbonyl (C=O) groups excluding carboxylic acids is 1. The first-order chi connectivity index (χ1) is 16.9. The molecule has 0 aliphatic carbocycles. The Labute approximate surface area is 212 Å². The third-order valence-electron chi connectivity index (χ3n) is 5.46. The van der Waals surface area contributed by atoms with Gasteiger partial charge in [-0.25, -0.2) is 0 Å². The molecule has 37 heavy (non-hydrogen) atoms. The topological polar surface area (TPSA) is 85.8 Å². The number of alkyl halides is 6. The van der Waals surface area contributed by atoms with Gasteiger partial charge in [-0.05, 0) is 43.7 Å². The molecule has 1 aromatic carbocycles. The number of anilines is 1. The third-order valence-corrected chi connectivity index (χ3v) is 5.46. The second-order valence-corrected chi connectivity index (χ2v) is 7.81. The molecule has 1 N–H and O–H groups in total. The van der Waals surface area contributed by atoms with Crippen molar-refractivity contribution in [2.75, 3.05) is 5.32 Å². The molecule has 0 aliphatic rings. The van der Waals surface area contributed by atoms with Gasteiger partial charge in [-0.15, -0.1) is 0 Å². The molecule has 0 saturated heterocycles. The maximum Gasteiger partial charge on any atom is 0.416 e. The first-order valence-corrected chi connectivity index (χ1v) is 10.4. The van der Waals surface area contributed by atoms with Crippen molar-refractivity contribution in [2.45, 2.75) is 32.2 Å². The standard InChI is InChI=1S/C23H17F6N5O2.H2S/c1-12(15-7-6-14(22(24,25)26)9-16(15)23(27,28)29)34-13(2)19(11-31-34)32-21(35)18-10-20(36-33-18)17-5-3-4-8-30-17;/h3-12H,1-2H3,(H,32,35);1H2/t12-;/m0./s1. The van der Waals surface area contributed by atoms with E-state index in [2.05, 4.69) is 20.6 Å². The number of carbonyl (C=O) groups is 1. The van der Waals surface area contributed by atoms with Crippen molar-refractivity contribution < 1.29 is 35.7 Å². The minimum absolute atomic E-state index is 0. The quantitative estimate of drug-likeness (QED) is 0.301. The van der Waals surface area contributed by atoms with Crippen molar-refractivity contribution >= 4 is 25.1 Å². The van der Waals surface area contributed by atoms with E-state index in [-0.39, 0.29) is 42.4 Å². The smallest absolute Gasteiger partial charge is 0.354 e. The second kappa shape index (κ2) is 10.3. The van der Waals surface area contributed by atoms with Crippen molar-refractivity contribution in [3.8, 4) is 11.5 Å². The zero-order valence-electron chi connectivity index (χ0n) is 19.1. The number of rotatable bonds is 5. The van der Waals surface area contributed by atoms with E-state index in [1.807, 2.05) is 0 Å². The summed E-state index contributed by atoms with van der Waals surface area (Å²) in [6, 6.07) is 6.82. The van der Waals surface area contributed by atoms with Gasteiger partial charge in [-0.3, -0.25) is 14.5 Å². The average Bonchev–Trinajstić information content (AvgIpc) is 3.45. The molecule has 1 amide bonds. The van der Waals surface area contributed by atoms with Gasteiger partial charge in [0.1, 0.15) is 5.69 Å². The summed E-state index contributed by atoms with van der Waals surface area (Å²) in [7, 11) is 0. The molecule has 4 aromatic rings. The molecule has 0 bridgehead atoms. The fourth-order valence-corrected chi connectivity index (χ4v) is 3.61. The third kappa shape index (κ3) is 5.79. The zero-order valence-corrected chi connectivity index (χ0v) is 20.1. The lowest BCUT2D eigenvalue weighted by molar-refractivity contribution is -0.143. The van der Waals surface area contributed by atoms with E-state index in [1.54, 1.807) is 18.2 Å². The Hall–Kier alpha value is -3.81. The molecule has 0 fully saturated rings. The Balaban J connectivity index is 0.00000380. The molecule has 0 aliphatic heterocycles. The number of nitrogens with one attached hydrogen (secondary N) is 1. The Bertz CT molecular complexity index is 1400. The molecule has 3 aromatic heterocycles. The highest BCUT2D eigenvalue weighted by molar-refractivity contribution is 7.59. The second-order valence-electron chi connectivity index (χ2n) is 7.81. The lowest BCUT2D eigenvalue weighted by Gasteiger charge is -2.21. The highest BCUT2D eigenvalue weighted by atomic mass is 32.1. The minimum atomic E-state index is -5.03. The number of pyridine rings is 1. The highest BCUT2D eigenvalue weighted by Gasteiger charge is 2.39. The van der Waals surface area contributed by atoms with E-state index in [0.717, 1.165) is 6.07 Å². The van der Waals surface area contributed by atoms with Crippen LogP contribution in [0.1, 0.15) is 45.8 Å². The van der Waals surface area contributed by atoms with Crippen LogP contribution in [0.3, 0.4) is 0 Å². The van der Waals surface area contributed by atoms with Gasteiger partial charge in [0.15, 0.2) is 11.5 Å². The highest BCUT2D eigenvalue weighted by Crippen LogP contribution is 2.40. The van der Waals surface area contributed by atoms with Gasteiger partial charge < -0.3 is 9.84 Å². The maximum absolute atomic E-state index is 13.6. The summed E-state index contributed by atoms with van der Waals surface area (Å²) in [6.45, 7) is 2.86. The van der Waals surface area contributed by atoms with Gasteiger partial charge in [0.25, 0.3) is 5.91 Å². The number of hydrogen-bond acceptors (Lipinski definition) is 5. The predicted molar refractivity (Wildman–Crippen MR) is 125 cm³/mol. The number of benzene rings is 1. The van der Waals surface area contributed by atoms with Gasteiger partial charge in [-0.1, -0.05) is 17.3 Å². The Kier molecular flexibility index (Phi) is 7.72. The van der Waals surface area contributed by atoms with E-state index in [0.29, 0.717) is 11.8 Å². The summed E-state index contributed by atoms with van der Waals surface area (Å²) in [5, 5.41) is 10.3. The van der Waals surface area contributed by atoms with Crippen molar-refractivity contribution in [3.05, 3.63) is 82.9 Å².